The zero-order chi connectivity index (χ0) is 17.2. The monoisotopic (exact) mass is 384 g/mol. The summed E-state index contributed by atoms with van der Waals surface area (Å²) < 4.78 is 25.8. The highest BCUT2D eigenvalue weighted by Crippen LogP contribution is 2.35. The van der Waals surface area contributed by atoms with E-state index >= 15 is 0 Å². The molecule has 3 rings (SSSR count). The van der Waals surface area contributed by atoms with Gasteiger partial charge in [-0.2, -0.15) is 0 Å². The molecule has 24 heavy (non-hydrogen) atoms. The standard InChI is InChI=1S/C16H17ClN2O3S2/c17-16-12-4-1-2-5-13(12)23-14(16)6-7-15(20)18-8-10-19-9-3-11-24(19,21)22/h1-2,4-7H,3,8-11H2,(H,18,20)/b7-6+. The average Bonchev–Trinajstić information content (AvgIpc) is 3.05. The number of amides is 1. The fourth-order valence-electron chi connectivity index (χ4n) is 2.60. The van der Waals surface area contributed by atoms with E-state index in [1.807, 2.05) is 24.3 Å². The zero-order valence-electron chi connectivity index (χ0n) is 12.9. The normalized spacial score (nSPS) is 17.7. The molecule has 1 aliphatic heterocycles. The average molecular weight is 385 g/mol. The number of nitrogens with one attached hydrogen (secondary N) is 1. The molecule has 0 radical (unpaired) electrons. The maximum absolute atomic E-state index is 11.9. The summed E-state index contributed by atoms with van der Waals surface area (Å²) >= 11 is 7.84. The number of sulfonamides is 1. The molecule has 1 fully saturated rings. The molecule has 1 aromatic carbocycles. The van der Waals surface area contributed by atoms with Gasteiger partial charge in [0.25, 0.3) is 0 Å². The summed E-state index contributed by atoms with van der Waals surface area (Å²) in [6, 6.07) is 7.80. The van der Waals surface area contributed by atoms with E-state index in [9.17, 15) is 13.2 Å². The fraction of sp³-hybridized carbons (Fsp3) is 0.312. The van der Waals surface area contributed by atoms with Crippen LogP contribution in [0.25, 0.3) is 16.2 Å². The van der Waals surface area contributed by atoms with Crippen molar-refractivity contribution in [2.45, 2.75) is 6.42 Å². The number of benzene rings is 1. The van der Waals surface area contributed by atoms with E-state index in [1.54, 1.807) is 6.08 Å². The second kappa shape index (κ2) is 7.23. The molecule has 1 aliphatic rings. The number of nitrogens with zero attached hydrogens (tertiary/aromatic N) is 1. The summed E-state index contributed by atoms with van der Waals surface area (Å²) in [7, 11) is -3.11. The van der Waals surface area contributed by atoms with E-state index in [2.05, 4.69) is 5.32 Å². The van der Waals surface area contributed by atoms with E-state index in [0.29, 0.717) is 31.1 Å². The predicted molar refractivity (Wildman–Crippen MR) is 98.9 cm³/mol. The van der Waals surface area contributed by atoms with Crippen LogP contribution in [0.4, 0.5) is 0 Å². The van der Waals surface area contributed by atoms with Crippen LogP contribution >= 0.6 is 22.9 Å². The Balaban J connectivity index is 1.56. The first-order chi connectivity index (χ1) is 11.5. The van der Waals surface area contributed by atoms with Crippen molar-refractivity contribution in [3.8, 4) is 0 Å². The first kappa shape index (κ1) is 17.4. The van der Waals surface area contributed by atoms with Gasteiger partial charge in [-0.1, -0.05) is 29.8 Å². The van der Waals surface area contributed by atoms with Crippen molar-refractivity contribution in [2.24, 2.45) is 0 Å². The first-order valence-corrected chi connectivity index (χ1v) is 10.4. The first-order valence-electron chi connectivity index (χ1n) is 7.58. The van der Waals surface area contributed by atoms with Crippen LogP contribution in [0.2, 0.25) is 5.02 Å². The number of thiophene rings is 1. The second-order valence-corrected chi connectivity index (χ2v) is 9.02. The van der Waals surface area contributed by atoms with Gasteiger partial charge >= 0.3 is 0 Å². The number of rotatable bonds is 5. The molecule has 128 valence electrons. The predicted octanol–water partition coefficient (Wildman–Crippen LogP) is 2.72. The molecule has 1 amide bonds. The third kappa shape index (κ3) is 3.80. The van der Waals surface area contributed by atoms with Crippen molar-refractivity contribution in [2.75, 3.05) is 25.4 Å². The van der Waals surface area contributed by atoms with Gasteiger partial charge in [-0.05, 0) is 18.6 Å². The summed E-state index contributed by atoms with van der Waals surface area (Å²) in [5, 5.41) is 4.32. The lowest BCUT2D eigenvalue weighted by atomic mass is 10.2. The molecule has 0 unspecified atom stereocenters. The summed E-state index contributed by atoms with van der Waals surface area (Å²) in [6.07, 6.45) is 3.77. The number of carbonyl (C=O) groups excluding carboxylic acids is 1. The summed E-state index contributed by atoms with van der Waals surface area (Å²) in [4.78, 5) is 12.7. The molecular formula is C16H17ClN2O3S2. The lowest BCUT2D eigenvalue weighted by Gasteiger charge is -2.13. The third-order valence-electron chi connectivity index (χ3n) is 3.81. The van der Waals surface area contributed by atoms with Gasteiger partial charge in [0.2, 0.25) is 15.9 Å². The lowest BCUT2D eigenvalue weighted by Crippen LogP contribution is -2.35. The van der Waals surface area contributed by atoms with Crippen molar-refractivity contribution >= 4 is 55.0 Å². The molecule has 8 heteroatoms. The Bertz CT molecular complexity index is 890. The van der Waals surface area contributed by atoms with Crippen LogP contribution in [0.1, 0.15) is 11.3 Å². The van der Waals surface area contributed by atoms with Gasteiger partial charge in [-0.3, -0.25) is 4.79 Å². The Kier molecular flexibility index (Phi) is 5.24. The maximum atomic E-state index is 11.9. The molecule has 5 nitrogen and oxygen atoms in total. The second-order valence-electron chi connectivity index (χ2n) is 5.47. The largest absolute Gasteiger partial charge is 0.351 e. The Morgan fingerprint density at radius 2 is 2.17 bits per heavy atom. The number of halogens is 1. The molecule has 0 bridgehead atoms. The van der Waals surface area contributed by atoms with Gasteiger partial charge in [-0.15, -0.1) is 11.3 Å². The van der Waals surface area contributed by atoms with Crippen LogP contribution in [-0.2, 0) is 14.8 Å². The van der Waals surface area contributed by atoms with Crippen molar-refractivity contribution in [1.82, 2.24) is 9.62 Å². The van der Waals surface area contributed by atoms with Crippen LogP contribution in [0.3, 0.4) is 0 Å². The van der Waals surface area contributed by atoms with Gasteiger partial charge in [0, 0.05) is 40.7 Å². The molecule has 1 N–H and O–H groups in total. The Labute approximate surface area is 150 Å². The molecular weight excluding hydrogens is 368 g/mol. The molecule has 1 saturated heterocycles. The van der Waals surface area contributed by atoms with Crippen molar-refractivity contribution in [3.63, 3.8) is 0 Å². The highest BCUT2D eigenvalue weighted by molar-refractivity contribution is 7.89. The van der Waals surface area contributed by atoms with Crippen molar-refractivity contribution in [3.05, 3.63) is 40.2 Å². The molecule has 0 atom stereocenters. The Hall–Kier alpha value is -1.41. The SMILES string of the molecule is O=C(/C=C/c1sc2ccccc2c1Cl)NCCN1CCCS1(=O)=O. The van der Waals surface area contributed by atoms with E-state index in [4.69, 9.17) is 11.6 Å². The van der Waals surface area contributed by atoms with Crippen molar-refractivity contribution < 1.29 is 13.2 Å². The van der Waals surface area contributed by atoms with E-state index in [-0.39, 0.29) is 11.7 Å². The van der Waals surface area contributed by atoms with E-state index in [1.165, 1.54) is 21.7 Å². The topological polar surface area (TPSA) is 66.5 Å². The molecule has 1 aromatic heterocycles. The highest BCUT2D eigenvalue weighted by Gasteiger charge is 2.27. The minimum atomic E-state index is -3.11. The lowest BCUT2D eigenvalue weighted by molar-refractivity contribution is -0.116. The summed E-state index contributed by atoms with van der Waals surface area (Å²) in [5.74, 6) is -0.0641. The smallest absolute Gasteiger partial charge is 0.244 e. The van der Waals surface area contributed by atoms with Gasteiger partial charge in [0.15, 0.2) is 0 Å². The molecule has 0 saturated carbocycles. The number of fused-ring (bicyclic) bond motifs is 1. The maximum Gasteiger partial charge on any atom is 0.244 e. The number of hydrogen-bond acceptors (Lipinski definition) is 4. The van der Waals surface area contributed by atoms with Crippen LogP contribution in [-0.4, -0.2) is 44.0 Å². The minimum absolute atomic E-state index is 0.200. The summed E-state index contributed by atoms with van der Waals surface area (Å²) in [6.45, 7) is 1.14. The quantitative estimate of drug-likeness (QED) is 0.806. The van der Waals surface area contributed by atoms with Gasteiger partial charge < -0.3 is 5.32 Å². The zero-order valence-corrected chi connectivity index (χ0v) is 15.3. The van der Waals surface area contributed by atoms with E-state index < -0.39 is 10.0 Å². The Morgan fingerprint density at radius 1 is 1.38 bits per heavy atom. The van der Waals surface area contributed by atoms with Crippen molar-refractivity contribution in [1.29, 1.82) is 0 Å². The molecule has 2 aromatic rings. The Morgan fingerprint density at radius 3 is 2.88 bits per heavy atom. The molecule has 0 spiro atoms. The number of hydrogen-bond donors (Lipinski definition) is 1. The molecule has 0 aliphatic carbocycles. The summed E-state index contributed by atoms with van der Waals surface area (Å²) in [5.41, 5.74) is 0. The molecule has 2 heterocycles. The number of carbonyl (C=O) groups is 1. The van der Waals surface area contributed by atoms with Gasteiger partial charge in [0.1, 0.15) is 0 Å². The van der Waals surface area contributed by atoms with Gasteiger partial charge in [0.05, 0.1) is 10.8 Å². The van der Waals surface area contributed by atoms with Crippen LogP contribution in [0.5, 0.6) is 0 Å². The van der Waals surface area contributed by atoms with Crippen LogP contribution in [0, 0.1) is 0 Å². The minimum Gasteiger partial charge on any atom is -0.351 e. The fourth-order valence-corrected chi connectivity index (χ4v) is 5.52. The van der Waals surface area contributed by atoms with Crippen LogP contribution in [0.15, 0.2) is 30.3 Å². The third-order valence-corrected chi connectivity index (χ3v) is 7.42. The van der Waals surface area contributed by atoms with E-state index in [0.717, 1.165) is 15.0 Å². The van der Waals surface area contributed by atoms with Crippen LogP contribution < -0.4 is 5.32 Å². The van der Waals surface area contributed by atoms with Gasteiger partial charge in [-0.25, -0.2) is 12.7 Å². The highest BCUT2D eigenvalue weighted by atomic mass is 35.5.